The summed E-state index contributed by atoms with van der Waals surface area (Å²) in [7, 11) is 0. The Morgan fingerprint density at radius 1 is 1.40 bits per heavy atom. The summed E-state index contributed by atoms with van der Waals surface area (Å²) in [6.07, 6.45) is 0. The zero-order valence-electron chi connectivity index (χ0n) is 10.7. The van der Waals surface area contributed by atoms with E-state index in [1.54, 1.807) is 18.2 Å². The number of thioether (sulfide) groups is 1. The minimum absolute atomic E-state index is 0.0524. The molecule has 0 radical (unpaired) electrons. The molecule has 3 rings (SSSR count). The molecule has 20 heavy (non-hydrogen) atoms. The molecule has 1 aliphatic rings. The number of rotatable bonds is 4. The minimum atomic E-state index is -0.233. The Hall–Kier alpha value is -1.44. The van der Waals surface area contributed by atoms with Crippen LogP contribution in [-0.4, -0.2) is 29.9 Å². The number of aromatic nitrogens is 2. The van der Waals surface area contributed by atoms with Gasteiger partial charge in [-0.25, -0.2) is 4.39 Å². The van der Waals surface area contributed by atoms with Crippen LogP contribution in [0.15, 0.2) is 33.7 Å². The van der Waals surface area contributed by atoms with Crippen LogP contribution >= 0.6 is 11.8 Å². The van der Waals surface area contributed by atoms with Gasteiger partial charge in [0.05, 0.1) is 19.0 Å². The molecule has 1 aromatic carbocycles. The largest absolute Gasteiger partial charge is 0.378 e. The van der Waals surface area contributed by atoms with E-state index in [1.165, 1.54) is 17.8 Å². The summed E-state index contributed by atoms with van der Waals surface area (Å²) in [4.78, 5) is 4.90. The first-order chi connectivity index (χ1) is 9.83. The lowest BCUT2D eigenvalue weighted by molar-refractivity contribution is 0.0659. The second kappa shape index (κ2) is 6.34. The van der Waals surface area contributed by atoms with E-state index in [0.717, 1.165) is 6.54 Å². The van der Waals surface area contributed by atoms with Crippen molar-refractivity contribution in [2.75, 3.05) is 19.8 Å². The monoisotopic (exact) mass is 295 g/mol. The average molecular weight is 295 g/mol. The Balaban J connectivity index is 1.61. The smallest absolute Gasteiger partial charge is 0.246 e. The van der Waals surface area contributed by atoms with Gasteiger partial charge in [-0.15, -0.1) is 11.8 Å². The van der Waals surface area contributed by atoms with Crippen molar-refractivity contribution in [3.8, 4) is 0 Å². The van der Waals surface area contributed by atoms with E-state index in [0.29, 0.717) is 35.6 Å². The van der Waals surface area contributed by atoms with Crippen molar-refractivity contribution in [1.29, 1.82) is 0 Å². The fourth-order valence-electron chi connectivity index (χ4n) is 1.90. The van der Waals surface area contributed by atoms with Crippen molar-refractivity contribution in [3.05, 3.63) is 41.8 Å². The molecular weight excluding hydrogens is 281 g/mol. The second-order valence-corrected chi connectivity index (χ2v) is 5.37. The summed E-state index contributed by atoms with van der Waals surface area (Å²) in [5.74, 6) is 1.32. The highest BCUT2D eigenvalue weighted by Gasteiger charge is 2.21. The molecule has 106 valence electrons. The number of nitrogens with zero attached hydrogens (tertiary/aromatic N) is 2. The van der Waals surface area contributed by atoms with Gasteiger partial charge in [0.25, 0.3) is 0 Å². The van der Waals surface area contributed by atoms with Gasteiger partial charge in [-0.05, 0) is 12.1 Å². The van der Waals surface area contributed by atoms with Crippen LogP contribution in [0.1, 0.15) is 17.8 Å². The average Bonchev–Trinajstić information content (AvgIpc) is 2.96. The topological polar surface area (TPSA) is 60.2 Å². The first-order valence-electron chi connectivity index (χ1n) is 6.34. The molecule has 1 atom stereocenters. The van der Waals surface area contributed by atoms with Crippen LogP contribution < -0.4 is 5.32 Å². The Kier molecular flexibility index (Phi) is 4.29. The van der Waals surface area contributed by atoms with E-state index in [4.69, 9.17) is 9.26 Å². The summed E-state index contributed by atoms with van der Waals surface area (Å²) in [6.45, 7) is 2.00. The van der Waals surface area contributed by atoms with E-state index in [9.17, 15) is 4.39 Å². The van der Waals surface area contributed by atoms with E-state index >= 15 is 0 Å². The molecule has 2 heterocycles. The number of benzene rings is 1. The minimum Gasteiger partial charge on any atom is -0.378 e. The van der Waals surface area contributed by atoms with Crippen LogP contribution in [0.5, 0.6) is 0 Å². The Labute approximate surface area is 119 Å². The van der Waals surface area contributed by atoms with E-state index < -0.39 is 0 Å². The molecule has 1 fully saturated rings. The van der Waals surface area contributed by atoms with Crippen LogP contribution in [0.2, 0.25) is 0 Å². The van der Waals surface area contributed by atoms with Crippen LogP contribution in [0.25, 0.3) is 0 Å². The molecule has 1 aromatic heterocycles. The predicted octanol–water partition coefficient (Wildman–Crippen LogP) is 2.16. The molecule has 0 amide bonds. The van der Waals surface area contributed by atoms with Gasteiger partial charge < -0.3 is 14.6 Å². The summed E-state index contributed by atoms with van der Waals surface area (Å²) >= 11 is 1.35. The summed E-state index contributed by atoms with van der Waals surface area (Å²) in [5, 5.41) is 7.15. The maximum absolute atomic E-state index is 13.5. The summed E-state index contributed by atoms with van der Waals surface area (Å²) in [5.41, 5.74) is 0. The number of halogens is 1. The molecule has 5 nitrogen and oxygen atoms in total. The second-order valence-electron chi connectivity index (χ2n) is 4.35. The lowest BCUT2D eigenvalue weighted by Gasteiger charge is -2.20. The highest BCUT2D eigenvalue weighted by Crippen LogP contribution is 2.24. The maximum Gasteiger partial charge on any atom is 0.246 e. The number of hydrogen-bond acceptors (Lipinski definition) is 6. The van der Waals surface area contributed by atoms with Crippen molar-refractivity contribution >= 4 is 11.8 Å². The number of nitrogens with one attached hydrogen (secondary N) is 1. The Morgan fingerprint density at radius 2 is 2.30 bits per heavy atom. The van der Waals surface area contributed by atoms with Gasteiger partial charge in [0.1, 0.15) is 11.9 Å². The summed E-state index contributed by atoms with van der Waals surface area (Å²) < 4.78 is 24.0. The summed E-state index contributed by atoms with van der Waals surface area (Å²) in [6, 6.07) is 6.59. The molecule has 0 spiro atoms. The molecule has 0 saturated carbocycles. The molecule has 0 aliphatic carbocycles. The van der Waals surface area contributed by atoms with Crippen LogP contribution in [0.3, 0.4) is 0 Å². The van der Waals surface area contributed by atoms with Crippen LogP contribution in [0, 0.1) is 5.82 Å². The SMILES string of the molecule is Fc1ccccc1SCc1noc(C2COCCN2)n1. The van der Waals surface area contributed by atoms with Crippen molar-refractivity contribution in [2.45, 2.75) is 16.7 Å². The van der Waals surface area contributed by atoms with Crippen LogP contribution in [-0.2, 0) is 10.5 Å². The van der Waals surface area contributed by atoms with Crippen molar-refractivity contribution in [3.63, 3.8) is 0 Å². The van der Waals surface area contributed by atoms with E-state index in [1.807, 2.05) is 0 Å². The third-order valence-corrected chi connectivity index (χ3v) is 3.94. The lowest BCUT2D eigenvalue weighted by Crippen LogP contribution is -2.34. The molecule has 7 heteroatoms. The van der Waals surface area contributed by atoms with Crippen molar-refractivity contribution in [1.82, 2.24) is 15.5 Å². The maximum atomic E-state index is 13.5. The van der Waals surface area contributed by atoms with Crippen molar-refractivity contribution < 1.29 is 13.7 Å². The van der Waals surface area contributed by atoms with E-state index in [-0.39, 0.29) is 11.9 Å². The molecule has 2 aromatic rings. The number of morpholine rings is 1. The quantitative estimate of drug-likeness (QED) is 0.872. The molecule has 1 unspecified atom stereocenters. The van der Waals surface area contributed by atoms with Crippen molar-refractivity contribution in [2.24, 2.45) is 0 Å². The molecule has 1 saturated heterocycles. The lowest BCUT2D eigenvalue weighted by atomic mass is 10.3. The number of ether oxygens (including phenoxy) is 1. The third kappa shape index (κ3) is 3.17. The zero-order chi connectivity index (χ0) is 13.8. The van der Waals surface area contributed by atoms with Gasteiger partial charge in [0.15, 0.2) is 5.82 Å². The molecule has 0 bridgehead atoms. The normalized spacial score (nSPS) is 19.1. The molecule has 1 aliphatic heterocycles. The van der Waals surface area contributed by atoms with Gasteiger partial charge in [-0.1, -0.05) is 17.3 Å². The standard InChI is InChI=1S/C13H14FN3O2S/c14-9-3-1-2-4-11(9)20-8-12-16-13(19-17-12)10-7-18-6-5-15-10/h1-4,10,15H,5-8H2. The zero-order valence-corrected chi connectivity index (χ0v) is 11.5. The number of hydrogen-bond donors (Lipinski definition) is 1. The van der Waals surface area contributed by atoms with Gasteiger partial charge >= 0.3 is 0 Å². The highest BCUT2D eigenvalue weighted by molar-refractivity contribution is 7.98. The van der Waals surface area contributed by atoms with Gasteiger partial charge in [0.2, 0.25) is 5.89 Å². The third-order valence-electron chi connectivity index (χ3n) is 2.90. The Morgan fingerprint density at radius 3 is 3.10 bits per heavy atom. The van der Waals surface area contributed by atoms with Crippen LogP contribution in [0.4, 0.5) is 4.39 Å². The van der Waals surface area contributed by atoms with E-state index in [2.05, 4.69) is 15.5 Å². The van der Waals surface area contributed by atoms with Gasteiger partial charge in [-0.3, -0.25) is 0 Å². The molecule has 1 N–H and O–H groups in total. The van der Waals surface area contributed by atoms with Gasteiger partial charge in [0, 0.05) is 11.4 Å². The highest BCUT2D eigenvalue weighted by atomic mass is 32.2. The first kappa shape index (κ1) is 13.5. The molecular formula is C13H14FN3O2S. The predicted molar refractivity (Wildman–Crippen MR) is 71.8 cm³/mol. The van der Waals surface area contributed by atoms with Gasteiger partial charge in [-0.2, -0.15) is 4.98 Å². The Bertz CT molecular complexity index is 572. The fourth-order valence-corrected chi connectivity index (χ4v) is 2.68. The first-order valence-corrected chi connectivity index (χ1v) is 7.32. The fraction of sp³-hybridized carbons (Fsp3) is 0.385.